The Morgan fingerprint density at radius 3 is 3.00 bits per heavy atom. The van der Waals surface area contributed by atoms with Crippen LogP contribution in [0.3, 0.4) is 0 Å². The molecule has 2 aliphatic rings. The molecule has 0 saturated carbocycles. The predicted molar refractivity (Wildman–Crippen MR) is 60.6 cm³/mol. The smallest absolute Gasteiger partial charge is 0.157 e. The van der Waals surface area contributed by atoms with Crippen molar-refractivity contribution in [3.63, 3.8) is 0 Å². The van der Waals surface area contributed by atoms with Crippen molar-refractivity contribution in [3.05, 3.63) is 11.6 Å². The van der Waals surface area contributed by atoms with Crippen molar-refractivity contribution in [2.45, 2.75) is 51.7 Å². The third-order valence-electron chi connectivity index (χ3n) is 3.40. The van der Waals surface area contributed by atoms with Crippen LogP contribution in [0.15, 0.2) is 11.6 Å². The van der Waals surface area contributed by atoms with Gasteiger partial charge in [-0.3, -0.25) is 0 Å². The molecule has 1 fully saturated rings. The number of hydrogen-bond donors (Lipinski definition) is 0. The monoisotopic (exact) mass is 210 g/mol. The van der Waals surface area contributed by atoms with Crippen molar-refractivity contribution in [1.82, 2.24) is 0 Å². The molecule has 0 bridgehead atoms. The summed E-state index contributed by atoms with van der Waals surface area (Å²) in [6.07, 6.45) is 9.72. The van der Waals surface area contributed by atoms with Gasteiger partial charge in [-0.05, 0) is 51.4 Å². The lowest BCUT2D eigenvalue weighted by Gasteiger charge is -2.26. The summed E-state index contributed by atoms with van der Waals surface area (Å²) in [5.74, 6) is 0.722. The summed E-state index contributed by atoms with van der Waals surface area (Å²) in [6, 6.07) is 0. The van der Waals surface area contributed by atoms with Gasteiger partial charge in [-0.2, -0.15) is 0 Å². The number of rotatable bonds is 3. The summed E-state index contributed by atoms with van der Waals surface area (Å²) in [5.41, 5.74) is 1.54. The standard InChI is InChI=1S/C13H22O2/c1-11-5-7-12(8-6-11)10-15-13-4-2-3-9-14-13/h5,12-13H,2-4,6-10H2,1H3. The maximum atomic E-state index is 5.81. The Kier molecular flexibility index (Phi) is 4.21. The fourth-order valence-electron chi connectivity index (χ4n) is 2.26. The molecule has 0 N–H and O–H groups in total. The first-order chi connectivity index (χ1) is 7.34. The lowest BCUT2D eigenvalue weighted by atomic mass is 9.91. The maximum Gasteiger partial charge on any atom is 0.157 e. The van der Waals surface area contributed by atoms with Gasteiger partial charge in [-0.1, -0.05) is 11.6 Å². The molecular formula is C13H22O2. The summed E-state index contributed by atoms with van der Waals surface area (Å²) in [6.45, 7) is 3.99. The Hall–Kier alpha value is -0.340. The largest absolute Gasteiger partial charge is 0.353 e. The van der Waals surface area contributed by atoms with Gasteiger partial charge >= 0.3 is 0 Å². The molecule has 1 heterocycles. The highest BCUT2D eigenvalue weighted by Crippen LogP contribution is 2.24. The summed E-state index contributed by atoms with van der Waals surface area (Å²) in [7, 11) is 0. The van der Waals surface area contributed by atoms with E-state index >= 15 is 0 Å². The summed E-state index contributed by atoms with van der Waals surface area (Å²) < 4.78 is 11.4. The molecule has 2 unspecified atom stereocenters. The van der Waals surface area contributed by atoms with Crippen LogP contribution in [0.25, 0.3) is 0 Å². The van der Waals surface area contributed by atoms with E-state index in [-0.39, 0.29) is 6.29 Å². The van der Waals surface area contributed by atoms with Crippen LogP contribution in [0.1, 0.15) is 45.4 Å². The Labute approximate surface area is 92.6 Å². The minimum Gasteiger partial charge on any atom is -0.353 e. The first-order valence-corrected chi connectivity index (χ1v) is 6.23. The van der Waals surface area contributed by atoms with E-state index in [1.165, 1.54) is 32.1 Å². The van der Waals surface area contributed by atoms with Gasteiger partial charge in [0, 0.05) is 6.61 Å². The van der Waals surface area contributed by atoms with Crippen LogP contribution in [0, 0.1) is 5.92 Å². The molecule has 2 atom stereocenters. The Morgan fingerprint density at radius 1 is 1.40 bits per heavy atom. The molecule has 1 aliphatic heterocycles. The van der Waals surface area contributed by atoms with Gasteiger partial charge in [-0.25, -0.2) is 0 Å². The molecule has 2 nitrogen and oxygen atoms in total. The lowest BCUT2D eigenvalue weighted by Crippen LogP contribution is -2.25. The van der Waals surface area contributed by atoms with Crippen LogP contribution < -0.4 is 0 Å². The van der Waals surface area contributed by atoms with Crippen LogP contribution in [0.4, 0.5) is 0 Å². The molecule has 0 radical (unpaired) electrons. The highest BCUT2D eigenvalue weighted by atomic mass is 16.7. The summed E-state index contributed by atoms with van der Waals surface area (Å²) in [4.78, 5) is 0. The molecule has 0 amide bonds. The highest BCUT2D eigenvalue weighted by Gasteiger charge is 2.18. The average Bonchev–Trinajstić information content (AvgIpc) is 2.30. The minimum atomic E-state index is 0.0887. The van der Waals surface area contributed by atoms with E-state index in [4.69, 9.17) is 9.47 Å². The molecule has 1 saturated heterocycles. The topological polar surface area (TPSA) is 18.5 Å². The van der Waals surface area contributed by atoms with E-state index in [1.807, 2.05) is 0 Å². The number of ether oxygens (including phenoxy) is 2. The quantitative estimate of drug-likeness (QED) is 0.666. The normalized spacial score (nSPS) is 32.5. The second kappa shape index (κ2) is 5.66. The number of hydrogen-bond acceptors (Lipinski definition) is 2. The second-order valence-electron chi connectivity index (χ2n) is 4.82. The van der Waals surface area contributed by atoms with E-state index in [0.29, 0.717) is 0 Å². The molecule has 0 aromatic heterocycles. The molecular weight excluding hydrogens is 188 g/mol. The van der Waals surface area contributed by atoms with Crippen LogP contribution >= 0.6 is 0 Å². The van der Waals surface area contributed by atoms with Gasteiger partial charge in [-0.15, -0.1) is 0 Å². The van der Waals surface area contributed by atoms with Gasteiger partial charge in [0.2, 0.25) is 0 Å². The van der Waals surface area contributed by atoms with Crippen LogP contribution in [-0.2, 0) is 9.47 Å². The van der Waals surface area contributed by atoms with Gasteiger partial charge in [0.1, 0.15) is 0 Å². The van der Waals surface area contributed by atoms with Crippen molar-refractivity contribution in [1.29, 1.82) is 0 Å². The molecule has 0 aromatic carbocycles. The summed E-state index contributed by atoms with van der Waals surface area (Å²) in [5, 5.41) is 0. The van der Waals surface area contributed by atoms with Gasteiger partial charge < -0.3 is 9.47 Å². The molecule has 86 valence electrons. The van der Waals surface area contributed by atoms with E-state index in [9.17, 15) is 0 Å². The SMILES string of the molecule is CC1=CCC(COC2CCCCO2)CC1. The fraction of sp³-hybridized carbons (Fsp3) is 0.846. The Balaban J connectivity index is 1.65. The highest BCUT2D eigenvalue weighted by molar-refractivity contribution is 5.02. The molecule has 15 heavy (non-hydrogen) atoms. The predicted octanol–water partition coefficient (Wildman–Crippen LogP) is 3.28. The van der Waals surface area contributed by atoms with E-state index in [0.717, 1.165) is 25.6 Å². The average molecular weight is 210 g/mol. The van der Waals surface area contributed by atoms with E-state index in [1.54, 1.807) is 5.57 Å². The third kappa shape index (κ3) is 3.62. The lowest BCUT2D eigenvalue weighted by molar-refractivity contribution is -0.169. The zero-order valence-electron chi connectivity index (χ0n) is 9.71. The van der Waals surface area contributed by atoms with Gasteiger partial charge in [0.05, 0.1) is 6.61 Å². The maximum absolute atomic E-state index is 5.81. The first-order valence-electron chi connectivity index (χ1n) is 6.23. The van der Waals surface area contributed by atoms with Crippen LogP contribution in [0.2, 0.25) is 0 Å². The molecule has 1 aliphatic carbocycles. The molecule has 2 heteroatoms. The van der Waals surface area contributed by atoms with Gasteiger partial charge in [0.25, 0.3) is 0 Å². The Morgan fingerprint density at radius 2 is 2.33 bits per heavy atom. The van der Waals surface area contributed by atoms with E-state index < -0.39 is 0 Å². The van der Waals surface area contributed by atoms with Crippen LogP contribution in [-0.4, -0.2) is 19.5 Å². The van der Waals surface area contributed by atoms with E-state index in [2.05, 4.69) is 13.0 Å². The second-order valence-corrected chi connectivity index (χ2v) is 4.82. The van der Waals surface area contributed by atoms with Crippen LogP contribution in [0.5, 0.6) is 0 Å². The minimum absolute atomic E-state index is 0.0887. The third-order valence-corrected chi connectivity index (χ3v) is 3.40. The van der Waals surface area contributed by atoms with Crippen molar-refractivity contribution in [3.8, 4) is 0 Å². The summed E-state index contributed by atoms with van der Waals surface area (Å²) >= 11 is 0. The number of allylic oxidation sites excluding steroid dienone is 2. The van der Waals surface area contributed by atoms with Crippen molar-refractivity contribution in [2.75, 3.05) is 13.2 Å². The van der Waals surface area contributed by atoms with Gasteiger partial charge in [0.15, 0.2) is 6.29 Å². The zero-order chi connectivity index (χ0) is 10.5. The Bertz CT molecular complexity index is 217. The van der Waals surface area contributed by atoms with Crippen molar-refractivity contribution >= 4 is 0 Å². The zero-order valence-corrected chi connectivity index (χ0v) is 9.71. The van der Waals surface area contributed by atoms with Crippen molar-refractivity contribution in [2.24, 2.45) is 5.92 Å². The molecule has 0 aromatic rings. The van der Waals surface area contributed by atoms with Crippen molar-refractivity contribution < 1.29 is 9.47 Å². The fourth-order valence-corrected chi connectivity index (χ4v) is 2.26. The molecule has 0 spiro atoms. The molecule has 2 rings (SSSR count). The first kappa shape index (κ1) is 11.2.